The van der Waals surface area contributed by atoms with Crippen LogP contribution in [-0.2, 0) is 15.0 Å². The van der Waals surface area contributed by atoms with Gasteiger partial charge in [-0.15, -0.1) is 0 Å². The van der Waals surface area contributed by atoms with E-state index in [4.69, 9.17) is 4.74 Å². The molecular formula is C19H24N2O3. The first-order chi connectivity index (χ1) is 11.6. The molecule has 0 bridgehead atoms. The van der Waals surface area contributed by atoms with E-state index < -0.39 is 0 Å². The monoisotopic (exact) mass is 328 g/mol. The zero-order valence-electron chi connectivity index (χ0n) is 14.1. The molecule has 0 aromatic heterocycles. The second-order valence-electron chi connectivity index (χ2n) is 7.43. The average molecular weight is 328 g/mol. The molecule has 1 aromatic rings. The fraction of sp³-hybridized carbons (Fsp3) is 0.579. The Labute approximate surface area is 142 Å². The Balaban J connectivity index is 1.52. The molecule has 2 saturated heterocycles. The van der Waals surface area contributed by atoms with E-state index in [1.54, 1.807) is 7.11 Å². The van der Waals surface area contributed by atoms with Gasteiger partial charge in [-0.1, -0.05) is 12.1 Å². The second kappa shape index (κ2) is 5.50. The van der Waals surface area contributed by atoms with Crippen molar-refractivity contribution in [3.63, 3.8) is 0 Å². The molecule has 2 amide bonds. The van der Waals surface area contributed by atoms with Crippen LogP contribution in [0.5, 0.6) is 5.75 Å². The number of carbonyl (C=O) groups is 2. The summed E-state index contributed by atoms with van der Waals surface area (Å²) < 4.78 is 5.21. The van der Waals surface area contributed by atoms with Crippen molar-refractivity contribution in [1.82, 2.24) is 10.2 Å². The highest BCUT2D eigenvalue weighted by atomic mass is 16.5. The lowest BCUT2D eigenvalue weighted by atomic mass is 9.79. The van der Waals surface area contributed by atoms with Crippen molar-refractivity contribution >= 4 is 11.8 Å². The topological polar surface area (TPSA) is 58.6 Å². The van der Waals surface area contributed by atoms with Gasteiger partial charge in [-0.2, -0.15) is 0 Å². The minimum absolute atomic E-state index is 0.137. The average Bonchev–Trinajstić information content (AvgIpc) is 3.32. The molecule has 5 nitrogen and oxygen atoms in total. The third-order valence-corrected chi connectivity index (χ3v) is 6.04. The van der Waals surface area contributed by atoms with Gasteiger partial charge in [0, 0.05) is 19.6 Å². The smallest absolute Gasteiger partial charge is 0.233 e. The highest BCUT2D eigenvalue weighted by molar-refractivity contribution is 5.93. The number of nitrogens with zero attached hydrogens (tertiary/aromatic N) is 1. The van der Waals surface area contributed by atoms with E-state index in [0.717, 1.165) is 50.0 Å². The van der Waals surface area contributed by atoms with Crippen molar-refractivity contribution in [2.24, 2.45) is 5.41 Å². The molecule has 1 atom stereocenters. The van der Waals surface area contributed by atoms with Crippen LogP contribution >= 0.6 is 0 Å². The number of benzene rings is 1. The Kier molecular flexibility index (Phi) is 3.55. The zero-order valence-corrected chi connectivity index (χ0v) is 14.1. The van der Waals surface area contributed by atoms with Gasteiger partial charge in [0.15, 0.2) is 0 Å². The van der Waals surface area contributed by atoms with Crippen LogP contribution in [0.2, 0.25) is 0 Å². The summed E-state index contributed by atoms with van der Waals surface area (Å²) in [5.41, 5.74) is 0.356. The summed E-state index contributed by atoms with van der Waals surface area (Å²) in [6, 6.07) is 7.84. The van der Waals surface area contributed by atoms with Crippen LogP contribution in [0.15, 0.2) is 24.3 Å². The van der Waals surface area contributed by atoms with Crippen LogP contribution in [0, 0.1) is 5.41 Å². The first-order valence-electron chi connectivity index (χ1n) is 8.82. The molecule has 4 rings (SSSR count). The SMILES string of the molecule is COc1ccc(C2(C(=O)N3CCC4(CCCNC4=O)C3)CC2)cc1. The van der Waals surface area contributed by atoms with Gasteiger partial charge in [-0.05, 0) is 49.8 Å². The number of likely N-dealkylation sites (tertiary alicyclic amines) is 1. The number of piperidine rings is 1. The summed E-state index contributed by atoms with van der Waals surface area (Å²) in [6.45, 7) is 2.05. The molecule has 0 radical (unpaired) electrons. The molecule has 24 heavy (non-hydrogen) atoms. The minimum Gasteiger partial charge on any atom is -0.497 e. The Bertz CT molecular complexity index is 666. The van der Waals surface area contributed by atoms with E-state index in [1.165, 1.54) is 0 Å². The van der Waals surface area contributed by atoms with Gasteiger partial charge in [-0.25, -0.2) is 0 Å². The number of hydrogen-bond donors (Lipinski definition) is 1. The molecule has 1 aliphatic carbocycles. The van der Waals surface area contributed by atoms with Crippen molar-refractivity contribution in [2.75, 3.05) is 26.7 Å². The van der Waals surface area contributed by atoms with E-state index in [2.05, 4.69) is 5.32 Å². The number of carbonyl (C=O) groups excluding carboxylic acids is 2. The quantitative estimate of drug-likeness (QED) is 0.921. The predicted molar refractivity (Wildman–Crippen MR) is 89.8 cm³/mol. The van der Waals surface area contributed by atoms with Crippen molar-refractivity contribution in [3.05, 3.63) is 29.8 Å². The molecule has 1 spiro atoms. The molecule has 2 heterocycles. The fourth-order valence-corrected chi connectivity index (χ4v) is 4.33. The summed E-state index contributed by atoms with van der Waals surface area (Å²) >= 11 is 0. The Hall–Kier alpha value is -2.04. The van der Waals surface area contributed by atoms with E-state index in [1.807, 2.05) is 29.2 Å². The van der Waals surface area contributed by atoms with Crippen LogP contribution in [0.3, 0.4) is 0 Å². The maximum Gasteiger partial charge on any atom is 0.233 e. The van der Waals surface area contributed by atoms with Crippen LogP contribution in [-0.4, -0.2) is 43.5 Å². The number of ether oxygens (including phenoxy) is 1. The van der Waals surface area contributed by atoms with Crippen LogP contribution in [0.25, 0.3) is 0 Å². The van der Waals surface area contributed by atoms with Crippen molar-refractivity contribution in [3.8, 4) is 5.75 Å². The summed E-state index contributed by atoms with van der Waals surface area (Å²) in [4.78, 5) is 27.4. The van der Waals surface area contributed by atoms with Crippen molar-refractivity contribution in [1.29, 1.82) is 0 Å². The normalized spacial score (nSPS) is 27.9. The lowest BCUT2D eigenvalue weighted by Crippen LogP contribution is -2.48. The molecule has 1 unspecified atom stereocenters. The number of hydrogen-bond acceptors (Lipinski definition) is 3. The largest absolute Gasteiger partial charge is 0.497 e. The number of amides is 2. The Morgan fingerprint density at radius 2 is 1.92 bits per heavy atom. The predicted octanol–water partition coefficient (Wildman–Crippen LogP) is 1.86. The van der Waals surface area contributed by atoms with E-state index >= 15 is 0 Å². The lowest BCUT2D eigenvalue weighted by Gasteiger charge is -2.32. The number of rotatable bonds is 3. The van der Waals surface area contributed by atoms with Crippen molar-refractivity contribution in [2.45, 2.75) is 37.5 Å². The van der Waals surface area contributed by atoms with Gasteiger partial charge < -0.3 is 15.0 Å². The molecule has 5 heteroatoms. The van der Waals surface area contributed by atoms with Crippen LogP contribution in [0.1, 0.15) is 37.7 Å². The standard InChI is InChI=1S/C19H24N2O3/c1-24-15-5-3-14(4-6-15)19(8-9-19)17(23)21-12-10-18(13-21)7-2-11-20-16(18)22/h3-6H,2,7-13H2,1H3,(H,20,22). The zero-order chi connectivity index (χ0) is 16.8. The fourth-order valence-electron chi connectivity index (χ4n) is 4.33. The van der Waals surface area contributed by atoms with Gasteiger partial charge >= 0.3 is 0 Å². The van der Waals surface area contributed by atoms with Crippen LogP contribution in [0.4, 0.5) is 0 Å². The third-order valence-electron chi connectivity index (χ3n) is 6.04. The molecule has 3 aliphatic rings. The van der Waals surface area contributed by atoms with Gasteiger partial charge in [0.25, 0.3) is 0 Å². The third kappa shape index (κ3) is 2.29. The maximum absolute atomic E-state index is 13.2. The molecule has 3 fully saturated rings. The summed E-state index contributed by atoms with van der Waals surface area (Å²) in [5, 5.41) is 2.98. The van der Waals surface area contributed by atoms with Gasteiger partial charge in [0.1, 0.15) is 5.75 Å². The van der Waals surface area contributed by atoms with E-state index in [0.29, 0.717) is 13.1 Å². The highest BCUT2D eigenvalue weighted by Crippen LogP contribution is 2.51. The van der Waals surface area contributed by atoms with Gasteiger partial charge in [0.05, 0.1) is 17.9 Å². The molecule has 2 aliphatic heterocycles. The Morgan fingerprint density at radius 1 is 1.17 bits per heavy atom. The first-order valence-corrected chi connectivity index (χ1v) is 8.82. The number of nitrogens with one attached hydrogen (secondary N) is 1. The highest BCUT2D eigenvalue weighted by Gasteiger charge is 2.56. The summed E-state index contributed by atoms with van der Waals surface area (Å²) in [5.74, 6) is 1.14. The lowest BCUT2D eigenvalue weighted by molar-refractivity contribution is -0.136. The Morgan fingerprint density at radius 3 is 2.54 bits per heavy atom. The second-order valence-corrected chi connectivity index (χ2v) is 7.43. The van der Waals surface area contributed by atoms with E-state index in [-0.39, 0.29) is 22.6 Å². The molecule has 1 N–H and O–H groups in total. The van der Waals surface area contributed by atoms with Crippen LogP contribution < -0.4 is 10.1 Å². The van der Waals surface area contributed by atoms with Gasteiger partial charge in [0.2, 0.25) is 11.8 Å². The van der Waals surface area contributed by atoms with Crippen molar-refractivity contribution < 1.29 is 14.3 Å². The number of methoxy groups -OCH3 is 1. The molecule has 128 valence electrons. The first kappa shape index (κ1) is 15.5. The molecule has 1 saturated carbocycles. The molecule has 1 aromatic carbocycles. The minimum atomic E-state index is -0.372. The van der Waals surface area contributed by atoms with E-state index in [9.17, 15) is 9.59 Å². The molecular weight excluding hydrogens is 304 g/mol. The van der Waals surface area contributed by atoms with Gasteiger partial charge in [-0.3, -0.25) is 9.59 Å². The summed E-state index contributed by atoms with van der Waals surface area (Å²) in [6.07, 6.45) is 4.50. The maximum atomic E-state index is 13.2. The summed E-state index contributed by atoms with van der Waals surface area (Å²) in [7, 11) is 1.64.